The minimum atomic E-state index is -3.44. The largest absolute Gasteiger partial charge is 0.488 e. The molecular weight excluding hydrogens is 585 g/mol. The van der Waals surface area contributed by atoms with E-state index in [1.165, 1.54) is 6.08 Å². The summed E-state index contributed by atoms with van der Waals surface area (Å²) in [5.74, 6) is 0.413. The van der Waals surface area contributed by atoms with Gasteiger partial charge in [0.15, 0.2) is 9.84 Å². The zero-order valence-electron chi connectivity index (χ0n) is 19.2. The third-order valence-electron chi connectivity index (χ3n) is 6.02. The summed E-state index contributed by atoms with van der Waals surface area (Å²) in [7, 11) is -3.44. The Kier molecular flexibility index (Phi) is 8.78. The second-order valence-corrected chi connectivity index (χ2v) is 12.5. The lowest BCUT2D eigenvalue weighted by atomic mass is 10.1. The first-order valence-corrected chi connectivity index (χ1v) is 14.4. The molecule has 0 N–H and O–H groups in total. The van der Waals surface area contributed by atoms with Crippen LogP contribution in [0.15, 0.2) is 82.2 Å². The Morgan fingerprint density at radius 3 is 2.28 bits per heavy atom. The van der Waals surface area contributed by atoms with E-state index >= 15 is 0 Å². The molecule has 0 spiro atoms. The van der Waals surface area contributed by atoms with Crippen molar-refractivity contribution in [1.29, 1.82) is 0 Å². The Bertz CT molecular complexity index is 1350. The SMILES string of the molecule is O=C(/C=C/c1cc(Cl)ccc1OCc1ccc(Cl)cc1)N1CCC(S(=O)(=O)c2ccc(Br)cc2)CC1. The number of sulfone groups is 1. The van der Waals surface area contributed by atoms with Crippen molar-refractivity contribution in [3.05, 3.63) is 98.5 Å². The van der Waals surface area contributed by atoms with Crippen molar-refractivity contribution in [2.45, 2.75) is 29.6 Å². The monoisotopic (exact) mass is 607 g/mol. The Morgan fingerprint density at radius 1 is 0.972 bits per heavy atom. The number of likely N-dealkylation sites (tertiary alicyclic amines) is 1. The normalized spacial score (nSPS) is 14.8. The van der Waals surface area contributed by atoms with Crippen LogP contribution in [0.5, 0.6) is 5.75 Å². The van der Waals surface area contributed by atoms with Crippen LogP contribution in [0.4, 0.5) is 0 Å². The van der Waals surface area contributed by atoms with Gasteiger partial charge in [-0.3, -0.25) is 4.79 Å². The summed E-state index contributed by atoms with van der Waals surface area (Å²) in [4.78, 5) is 14.8. The summed E-state index contributed by atoms with van der Waals surface area (Å²) in [5.41, 5.74) is 1.64. The molecule has 1 aliphatic heterocycles. The van der Waals surface area contributed by atoms with Gasteiger partial charge >= 0.3 is 0 Å². The number of halogens is 3. The smallest absolute Gasteiger partial charge is 0.246 e. The molecule has 1 saturated heterocycles. The van der Waals surface area contributed by atoms with Gasteiger partial charge in [-0.2, -0.15) is 0 Å². The van der Waals surface area contributed by atoms with Gasteiger partial charge in [0.2, 0.25) is 5.91 Å². The Morgan fingerprint density at radius 2 is 1.61 bits per heavy atom. The molecule has 1 heterocycles. The molecule has 0 radical (unpaired) electrons. The van der Waals surface area contributed by atoms with E-state index in [1.807, 2.05) is 12.1 Å². The molecule has 4 rings (SSSR count). The number of carbonyl (C=O) groups is 1. The van der Waals surface area contributed by atoms with Crippen LogP contribution in [0.3, 0.4) is 0 Å². The first kappa shape index (κ1) is 26.7. The number of benzene rings is 3. The van der Waals surface area contributed by atoms with Crippen LogP contribution in [0, 0.1) is 0 Å². The molecule has 0 aliphatic carbocycles. The van der Waals surface area contributed by atoms with Gasteiger partial charge in [-0.05, 0) is 79.1 Å². The first-order chi connectivity index (χ1) is 17.2. The molecule has 36 heavy (non-hydrogen) atoms. The van der Waals surface area contributed by atoms with Gasteiger partial charge in [-0.15, -0.1) is 0 Å². The number of amides is 1. The fourth-order valence-corrected chi connectivity index (χ4v) is 6.30. The minimum absolute atomic E-state index is 0.182. The van der Waals surface area contributed by atoms with Crippen LogP contribution in [0.25, 0.3) is 6.08 Å². The number of piperidine rings is 1. The zero-order chi connectivity index (χ0) is 25.7. The van der Waals surface area contributed by atoms with Crippen molar-refractivity contribution in [1.82, 2.24) is 4.90 Å². The quantitative estimate of drug-likeness (QED) is 0.276. The van der Waals surface area contributed by atoms with Gasteiger partial charge in [-0.25, -0.2) is 8.42 Å². The molecule has 1 amide bonds. The van der Waals surface area contributed by atoms with Crippen molar-refractivity contribution >= 4 is 61.0 Å². The van der Waals surface area contributed by atoms with E-state index in [4.69, 9.17) is 27.9 Å². The average Bonchev–Trinajstić information content (AvgIpc) is 2.88. The highest BCUT2D eigenvalue weighted by Crippen LogP contribution is 2.28. The average molecular weight is 609 g/mol. The lowest BCUT2D eigenvalue weighted by Crippen LogP contribution is -2.41. The van der Waals surface area contributed by atoms with E-state index in [1.54, 1.807) is 65.6 Å². The van der Waals surface area contributed by atoms with Crippen LogP contribution in [0.2, 0.25) is 10.0 Å². The molecule has 1 aliphatic rings. The molecular formula is C27H24BrCl2NO4S. The standard InChI is InChI=1S/C27H24BrCl2NO4S/c28-21-4-9-24(10-5-21)36(33,34)25-13-15-31(16-14-25)27(32)12-3-20-17-23(30)8-11-26(20)35-18-19-1-6-22(29)7-2-19/h1-12,17,25H,13-16,18H2/b12-3+. The second kappa shape index (κ2) is 11.8. The van der Waals surface area contributed by atoms with E-state index < -0.39 is 15.1 Å². The molecule has 1 fully saturated rings. The summed E-state index contributed by atoms with van der Waals surface area (Å²) in [6.45, 7) is 1.09. The maximum atomic E-state index is 13.0. The molecule has 0 unspecified atom stereocenters. The number of carbonyl (C=O) groups excluding carboxylic acids is 1. The summed E-state index contributed by atoms with van der Waals surface area (Å²) >= 11 is 15.4. The maximum Gasteiger partial charge on any atom is 0.246 e. The molecule has 9 heteroatoms. The summed E-state index contributed by atoms with van der Waals surface area (Å²) < 4.78 is 32.7. The van der Waals surface area contributed by atoms with E-state index in [0.29, 0.717) is 58.8 Å². The third kappa shape index (κ3) is 6.71. The highest BCUT2D eigenvalue weighted by molar-refractivity contribution is 9.10. The Labute approximate surface area is 229 Å². The lowest BCUT2D eigenvalue weighted by Gasteiger charge is -2.31. The molecule has 0 aromatic heterocycles. The summed E-state index contributed by atoms with van der Waals surface area (Å²) in [5, 5.41) is 0.676. The number of hydrogen-bond donors (Lipinski definition) is 0. The Balaban J connectivity index is 1.38. The molecule has 3 aromatic carbocycles. The molecule has 0 bridgehead atoms. The lowest BCUT2D eigenvalue weighted by molar-refractivity contribution is -0.126. The molecule has 188 valence electrons. The van der Waals surface area contributed by atoms with Crippen LogP contribution < -0.4 is 4.74 Å². The van der Waals surface area contributed by atoms with Crippen LogP contribution >= 0.6 is 39.1 Å². The highest BCUT2D eigenvalue weighted by atomic mass is 79.9. The number of hydrogen-bond acceptors (Lipinski definition) is 4. The van der Waals surface area contributed by atoms with Crippen LogP contribution in [-0.2, 0) is 21.2 Å². The topological polar surface area (TPSA) is 63.7 Å². The zero-order valence-corrected chi connectivity index (χ0v) is 23.2. The fraction of sp³-hybridized carbons (Fsp3) is 0.222. The van der Waals surface area contributed by atoms with Crippen LogP contribution in [0.1, 0.15) is 24.0 Å². The summed E-state index contributed by atoms with van der Waals surface area (Å²) in [6, 6.07) is 19.3. The van der Waals surface area contributed by atoms with Crippen molar-refractivity contribution < 1.29 is 17.9 Å². The fourth-order valence-electron chi connectivity index (χ4n) is 3.99. The van der Waals surface area contributed by atoms with Crippen molar-refractivity contribution in [3.8, 4) is 5.75 Å². The molecule has 0 atom stereocenters. The maximum absolute atomic E-state index is 13.0. The molecule has 5 nitrogen and oxygen atoms in total. The second-order valence-electron chi connectivity index (χ2n) is 8.45. The van der Waals surface area contributed by atoms with E-state index in [-0.39, 0.29) is 5.91 Å². The van der Waals surface area contributed by atoms with Gasteiger partial charge in [-0.1, -0.05) is 51.3 Å². The van der Waals surface area contributed by atoms with Crippen molar-refractivity contribution in [3.63, 3.8) is 0 Å². The van der Waals surface area contributed by atoms with Gasteiger partial charge in [0.1, 0.15) is 12.4 Å². The number of nitrogens with zero attached hydrogens (tertiary/aromatic N) is 1. The third-order valence-corrected chi connectivity index (χ3v) is 9.31. The van der Waals surface area contributed by atoms with Crippen LogP contribution in [-0.4, -0.2) is 37.6 Å². The van der Waals surface area contributed by atoms with E-state index in [9.17, 15) is 13.2 Å². The molecule has 0 saturated carbocycles. The van der Waals surface area contributed by atoms with Crippen molar-refractivity contribution in [2.75, 3.05) is 13.1 Å². The number of ether oxygens (including phenoxy) is 1. The first-order valence-electron chi connectivity index (χ1n) is 11.4. The molecule has 3 aromatic rings. The highest BCUT2D eigenvalue weighted by Gasteiger charge is 2.32. The van der Waals surface area contributed by atoms with E-state index in [2.05, 4.69) is 15.9 Å². The predicted octanol–water partition coefficient (Wildman–Crippen LogP) is 6.81. The van der Waals surface area contributed by atoms with Gasteiger partial charge in [0.25, 0.3) is 0 Å². The van der Waals surface area contributed by atoms with Gasteiger partial charge in [0, 0.05) is 39.2 Å². The summed E-state index contributed by atoms with van der Waals surface area (Å²) in [6.07, 6.45) is 3.94. The van der Waals surface area contributed by atoms with Crippen molar-refractivity contribution in [2.24, 2.45) is 0 Å². The van der Waals surface area contributed by atoms with E-state index in [0.717, 1.165) is 10.0 Å². The number of rotatable bonds is 7. The predicted molar refractivity (Wildman–Crippen MR) is 147 cm³/mol. The Hall–Kier alpha value is -2.32. The minimum Gasteiger partial charge on any atom is -0.488 e. The van der Waals surface area contributed by atoms with Gasteiger partial charge < -0.3 is 9.64 Å². The van der Waals surface area contributed by atoms with Gasteiger partial charge in [0.05, 0.1) is 10.1 Å².